The Morgan fingerprint density at radius 2 is 2.10 bits per heavy atom. The largest absolute Gasteiger partial charge is 0.480 e. The van der Waals surface area contributed by atoms with Crippen molar-refractivity contribution in [1.82, 2.24) is 15.1 Å². The fourth-order valence-electron chi connectivity index (χ4n) is 2.52. The van der Waals surface area contributed by atoms with Crippen LogP contribution in [0, 0.1) is 5.92 Å². The summed E-state index contributed by atoms with van der Waals surface area (Å²) in [6.45, 7) is 1.75. The van der Waals surface area contributed by atoms with E-state index in [1.165, 1.54) is 4.90 Å². The summed E-state index contributed by atoms with van der Waals surface area (Å²) >= 11 is 0. The van der Waals surface area contributed by atoms with Gasteiger partial charge in [0, 0.05) is 6.54 Å². The number of nitrogens with one attached hydrogen (secondary N) is 1. The zero-order chi connectivity index (χ0) is 14.9. The molecule has 0 radical (unpaired) electrons. The minimum atomic E-state index is -1.05. The van der Waals surface area contributed by atoms with Crippen molar-refractivity contribution in [2.24, 2.45) is 5.92 Å². The highest BCUT2D eigenvalue weighted by molar-refractivity contribution is 6.04. The van der Waals surface area contributed by atoms with Crippen LogP contribution < -0.4 is 5.32 Å². The lowest BCUT2D eigenvalue weighted by molar-refractivity contribution is -0.153. The highest BCUT2D eigenvalue weighted by Gasteiger charge is 2.37. The van der Waals surface area contributed by atoms with Crippen molar-refractivity contribution in [2.45, 2.75) is 25.8 Å². The van der Waals surface area contributed by atoms with Crippen molar-refractivity contribution in [3.05, 3.63) is 0 Å². The van der Waals surface area contributed by atoms with Gasteiger partial charge in [-0.1, -0.05) is 6.92 Å². The monoisotopic (exact) mass is 283 g/mol. The van der Waals surface area contributed by atoms with Crippen LogP contribution in [0.25, 0.3) is 0 Å². The maximum absolute atomic E-state index is 12.2. The number of carboxylic acid groups (broad SMARTS) is 1. The first kappa shape index (κ1) is 14.3. The molecular formula is C12H17N3O5. The van der Waals surface area contributed by atoms with E-state index in [1.807, 2.05) is 6.92 Å². The van der Waals surface area contributed by atoms with E-state index in [9.17, 15) is 24.3 Å². The van der Waals surface area contributed by atoms with E-state index in [1.54, 1.807) is 0 Å². The lowest BCUT2D eigenvalue weighted by Gasteiger charge is -2.36. The van der Waals surface area contributed by atoms with Crippen LogP contribution in [0.4, 0.5) is 4.79 Å². The summed E-state index contributed by atoms with van der Waals surface area (Å²) in [6, 6.07) is -1.49. The highest BCUT2D eigenvalue weighted by atomic mass is 16.4. The number of carboxylic acids is 1. The van der Waals surface area contributed by atoms with Gasteiger partial charge in [0.05, 0.1) is 6.54 Å². The lowest BCUT2D eigenvalue weighted by Crippen LogP contribution is -2.53. The third-order valence-electron chi connectivity index (χ3n) is 3.70. The molecule has 2 rings (SSSR count). The van der Waals surface area contributed by atoms with Gasteiger partial charge in [-0.2, -0.15) is 0 Å². The van der Waals surface area contributed by atoms with Crippen molar-refractivity contribution in [3.8, 4) is 0 Å². The molecule has 0 saturated carbocycles. The maximum atomic E-state index is 12.2. The Labute approximate surface area is 115 Å². The molecule has 0 aromatic heterocycles. The predicted molar refractivity (Wildman–Crippen MR) is 66.6 cm³/mol. The van der Waals surface area contributed by atoms with Gasteiger partial charge in [-0.15, -0.1) is 0 Å². The minimum absolute atomic E-state index is 0.120. The Morgan fingerprint density at radius 3 is 2.65 bits per heavy atom. The first-order valence-corrected chi connectivity index (χ1v) is 6.50. The Balaban J connectivity index is 2.05. The molecule has 8 heteroatoms. The fraction of sp³-hybridized carbons (Fsp3) is 0.667. The number of amides is 4. The predicted octanol–water partition coefficient (Wildman–Crippen LogP) is -0.750. The van der Waals surface area contributed by atoms with E-state index in [0.717, 1.165) is 11.3 Å². The normalized spacial score (nSPS) is 26.6. The van der Waals surface area contributed by atoms with Gasteiger partial charge in [0.15, 0.2) is 0 Å². The molecule has 2 aliphatic rings. The number of nitrogens with zero attached hydrogens (tertiary/aromatic N) is 2. The third kappa shape index (κ3) is 2.73. The first-order valence-electron chi connectivity index (χ1n) is 6.50. The number of hydrogen-bond donors (Lipinski definition) is 2. The van der Waals surface area contributed by atoms with Crippen molar-refractivity contribution >= 4 is 23.8 Å². The number of hydrogen-bond acceptors (Lipinski definition) is 4. The number of carbonyl (C=O) groups excluding carboxylic acids is 3. The van der Waals surface area contributed by atoms with Crippen molar-refractivity contribution < 1.29 is 24.3 Å². The van der Waals surface area contributed by atoms with Crippen LogP contribution in [-0.4, -0.2) is 64.4 Å². The SMILES string of the molecule is CC1CCN(C(=O)CN2C(=O)CNC2=O)C(C(=O)O)C1. The number of rotatable bonds is 3. The van der Waals surface area contributed by atoms with E-state index in [0.29, 0.717) is 13.0 Å². The second kappa shape index (κ2) is 5.48. The van der Waals surface area contributed by atoms with Crippen LogP contribution in [-0.2, 0) is 14.4 Å². The fourth-order valence-corrected chi connectivity index (χ4v) is 2.52. The highest BCUT2D eigenvalue weighted by Crippen LogP contribution is 2.23. The summed E-state index contributed by atoms with van der Waals surface area (Å²) in [5, 5.41) is 11.5. The van der Waals surface area contributed by atoms with Crippen molar-refractivity contribution in [2.75, 3.05) is 19.6 Å². The van der Waals surface area contributed by atoms with E-state index < -0.39 is 36.4 Å². The number of likely N-dealkylation sites (tertiary alicyclic amines) is 1. The van der Waals surface area contributed by atoms with Gasteiger partial charge in [0.25, 0.3) is 5.91 Å². The molecule has 20 heavy (non-hydrogen) atoms. The zero-order valence-corrected chi connectivity index (χ0v) is 11.2. The molecule has 2 atom stereocenters. The quantitative estimate of drug-likeness (QED) is 0.663. The average Bonchev–Trinajstić information content (AvgIpc) is 2.70. The van der Waals surface area contributed by atoms with Crippen LogP contribution in [0.5, 0.6) is 0 Å². The third-order valence-corrected chi connectivity index (χ3v) is 3.70. The molecule has 8 nitrogen and oxygen atoms in total. The molecule has 0 aromatic carbocycles. The minimum Gasteiger partial charge on any atom is -0.480 e. The van der Waals surface area contributed by atoms with Gasteiger partial charge in [-0.3, -0.25) is 14.5 Å². The topological polar surface area (TPSA) is 107 Å². The van der Waals surface area contributed by atoms with Crippen LogP contribution in [0.2, 0.25) is 0 Å². The standard InChI is InChI=1S/C12H17N3O5/c1-7-2-3-14(8(4-7)11(18)19)10(17)6-15-9(16)5-13-12(15)20/h7-8H,2-6H2,1H3,(H,13,20)(H,18,19). The van der Waals surface area contributed by atoms with E-state index in [-0.39, 0.29) is 12.5 Å². The molecule has 0 bridgehead atoms. The van der Waals surface area contributed by atoms with Crippen molar-refractivity contribution in [3.63, 3.8) is 0 Å². The van der Waals surface area contributed by atoms with Crippen LogP contribution >= 0.6 is 0 Å². The number of piperidine rings is 1. The molecule has 2 N–H and O–H groups in total. The molecule has 0 aliphatic carbocycles. The van der Waals surface area contributed by atoms with Gasteiger partial charge < -0.3 is 15.3 Å². The first-order chi connectivity index (χ1) is 9.40. The summed E-state index contributed by atoms with van der Waals surface area (Å²) in [5.41, 5.74) is 0. The van der Waals surface area contributed by atoms with Crippen LogP contribution in [0.1, 0.15) is 19.8 Å². The molecule has 2 saturated heterocycles. The lowest BCUT2D eigenvalue weighted by atomic mass is 9.92. The Morgan fingerprint density at radius 1 is 1.40 bits per heavy atom. The Bertz CT molecular complexity index is 448. The smallest absolute Gasteiger partial charge is 0.326 e. The van der Waals surface area contributed by atoms with Gasteiger partial charge in [-0.25, -0.2) is 9.59 Å². The van der Waals surface area contributed by atoms with Gasteiger partial charge in [0.2, 0.25) is 5.91 Å². The molecule has 2 aliphatic heterocycles. The van der Waals surface area contributed by atoms with E-state index in [2.05, 4.69) is 5.32 Å². The van der Waals surface area contributed by atoms with Gasteiger partial charge in [0.1, 0.15) is 12.6 Å². The van der Waals surface area contributed by atoms with Crippen LogP contribution in [0.15, 0.2) is 0 Å². The second-order valence-electron chi connectivity index (χ2n) is 5.21. The Hall–Kier alpha value is -2.12. The average molecular weight is 283 g/mol. The number of urea groups is 1. The van der Waals surface area contributed by atoms with E-state index in [4.69, 9.17) is 0 Å². The number of carbonyl (C=O) groups is 4. The Kier molecular flexibility index (Phi) is 3.91. The number of aliphatic carboxylic acids is 1. The molecule has 0 spiro atoms. The molecule has 2 heterocycles. The maximum Gasteiger partial charge on any atom is 0.326 e. The molecule has 110 valence electrons. The van der Waals surface area contributed by atoms with Gasteiger partial charge in [-0.05, 0) is 18.8 Å². The molecule has 4 amide bonds. The van der Waals surface area contributed by atoms with Gasteiger partial charge >= 0.3 is 12.0 Å². The number of imide groups is 1. The summed E-state index contributed by atoms with van der Waals surface area (Å²) in [6.07, 6.45) is 1.11. The molecular weight excluding hydrogens is 266 g/mol. The summed E-state index contributed by atoms with van der Waals surface area (Å²) < 4.78 is 0. The molecule has 2 fully saturated rings. The van der Waals surface area contributed by atoms with Crippen LogP contribution in [0.3, 0.4) is 0 Å². The van der Waals surface area contributed by atoms with Crippen molar-refractivity contribution in [1.29, 1.82) is 0 Å². The second-order valence-corrected chi connectivity index (χ2v) is 5.21. The molecule has 2 unspecified atom stereocenters. The summed E-state index contributed by atoms with van der Waals surface area (Å²) in [5.74, 6) is -1.80. The summed E-state index contributed by atoms with van der Waals surface area (Å²) in [4.78, 5) is 48.3. The van der Waals surface area contributed by atoms with E-state index >= 15 is 0 Å². The molecule has 0 aromatic rings. The zero-order valence-electron chi connectivity index (χ0n) is 11.2. The summed E-state index contributed by atoms with van der Waals surface area (Å²) in [7, 11) is 0.